The number of rotatable bonds is 5. The molecule has 0 saturated carbocycles. The molecule has 2 aromatic carbocycles. The van der Waals surface area contributed by atoms with Crippen molar-refractivity contribution in [2.24, 2.45) is 5.73 Å². The standard InChI is InChI=1S/C15H15BrFNS/c16-12-3-7-15(8-4-12)19-10-14(18)9-11-1-5-13(17)6-2-11/h1-8,14H,9-10,18H2. The Hall–Kier alpha value is -0.840. The second kappa shape index (κ2) is 7.08. The number of hydrogen-bond donors (Lipinski definition) is 1. The lowest BCUT2D eigenvalue weighted by Crippen LogP contribution is -2.25. The summed E-state index contributed by atoms with van der Waals surface area (Å²) in [6, 6.07) is 14.8. The molecule has 0 bridgehead atoms. The molecule has 0 fully saturated rings. The topological polar surface area (TPSA) is 26.0 Å². The first kappa shape index (κ1) is 14.6. The normalized spacial score (nSPS) is 12.4. The lowest BCUT2D eigenvalue weighted by Gasteiger charge is -2.11. The van der Waals surface area contributed by atoms with Gasteiger partial charge in [-0.05, 0) is 48.4 Å². The van der Waals surface area contributed by atoms with Crippen LogP contribution in [0.3, 0.4) is 0 Å². The molecule has 0 amide bonds. The molecule has 2 aromatic rings. The molecular formula is C15H15BrFNS. The van der Waals surface area contributed by atoms with Gasteiger partial charge in [0.1, 0.15) is 5.82 Å². The predicted molar refractivity (Wildman–Crippen MR) is 82.9 cm³/mol. The zero-order valence-corrected chi connectivity index (χ0v) is 12.8. The zero-order valence-electron chi connectivity index (χ0n) is 10.4. The number of benzene rings is 2. The second-order valence-electron chi connectivity index (χ2n) is 4.36. The summed E-state index contributed by atoms with van der Waals surface area (Å²) in [7, 11) is 0. The Morgan fingerprint density at radius 1 is 1.05 bits per heavy atom. The molecule has 0 saturated heterocycles. The molecule has 1 atom stereocenters. The maximum Gasteiger partial charge on any atom is 0.123 e. The molecular weight excluding hydrogens is 325 g/mol. The monoisotopic (exact) mass is 339 g/mol. The van der Waals surface area contributed by atoms with Crippen molar-refractivity contribution < 1.29 is 4.39 Å². The van der Waals surface area contributed by atoms with Gasteiger partial charge >= 0.3 is 0 Å². The Balaban J connectivity index is 1.82. The van der Waals surface area contributed by atoms with Crippen LogP contribution in [0.15, 0.2) is 57.9 Å². The second-order valence-corrected chi connectivity index (χ2v) is 6.36. The summed E-state index contributed by atoms with van der Waals surface area (Å²) in [5.74, 6) is 0.639. The Morgan fingerprint density at radius 3 is 2.32 bits per heavy atom. The highest BCUT2D eigenvalue weighted by Gasteiger charge is 2.05. The van der Waals surface area contributed by atoms with E-state index in [1.165, 1.54) is 17.0 Å². The molecule has 0 spiro atoms. The van der Waals surface area contributed by atoms with Crippen LogP contribution >= 0.6 is 27.7 Å². The molecule has 2 rings (SSSR count). The first-order valence-electron chi connectivity index (χ1n) is 6.02. The molecule has 2 N–H and O–H groups in total. The van der Waals surface area contributed by atoms with Gasteiger partial charge in [-0.1, -0.05) is 28.1 Å². The quantitative estimate of drug-likeness (QED) is 0.824. The van der Waals surface area contributed by atoms with E-state index in [4.69, 9.17) is 5.73 Å². The SMILES string of the molecule is NC(CSc1ccc(Br)cc1)Cc1ccc(F)cc1. The van der Waals surface area contributed by atoms with Crippen molar-refractivity contribution in [1.82, 2.24) is 0 Å². The highest BCUT2D eigenvalue weighted by Crippen LogP contribution is 2.21. The van der Waals surface area contributed by atoms with Crippen LogP contribution in [-0.4, -0.2) is 11.8 Å². The summed E-state index contributed by atoms with van der Waals surface area (Å²) in [5.41, 5.74) is 7.17. The fourth-order valence-electron chi connectivity index (χ4n) is 1.72. The minimum atomic E-state index is -0.207. The average molecular weight is 340 g/mol. The Labute approximate surface area is 125 Å². The van der Waals surface area contributed by atoms with E-state index in [0.29, 0.717) is 0 Å². The van der Waals surface area contributed by atoms with Crippen LogP contribution in [0.1, 0.15) is 5.56 Å². The third-order valence-electron chi connectivity index (χ3n) is 2.69. The van der Waals surface area contributed by atoms with E-state index < -0.39 is 0 Å². The van der Waals surface area contributed by atoms with Crippen LogP contribution in [0.25, 0.3) is 0 Å². The van der Waals surface area contributed by atoms with Gasteiger partial charge in [-0.15, -0.1) is 11.8 Å². The van der Waals surface area contributed by atoms with Crippen molar-refractivity contribution in [2.75, 3.05) is 5.75 Å². The van der Waals surface area contributed by atoms with Crippen molar-refractivity contribution in [2.45, 2.75) is 17.4 Å². The van der Waals surface area contributed by atoms with Crippen LogP contribution < -0.4 is 5.73 Å². The molecule has 19 heavy (non-hydrogen) atoms. The van der Waals surface area contributed by atoms with E-state index in [1.807, 2.05) is 12.1 Å². The molecule has 0 aliphatic carbocycles. The van der Waals surface area contributed by atoms with Gasteiger partial charge in [0.2, 0.25) is 0 Å². The maximum absolute atomic E-state index is 12.8. The molecule has 4 heteroatoms. The summed E-state index contributed by atoms with van der Waals surface area (Å²) in [6.45, 7) is 0. The third-order valence-corrected chi connectivity index (χ3v) is 4.42. The average Bonchev–Trinajstić information content (AvgIpc) is 2.41. The fraction of sp³-hybridized carbons (Fsp3) is 0.200. The Bertz CT molecular complexity index is 513. The first-order valence-corrected chi connectivity index (χ1v) is 7.80. The van der Waals surface area contributed by atoms with Crippen LogP contribution in [0.2, 0.25) is 0 Å². The first-order chi connectivity index (χ1) is 9.13. The van der Waals surface area contributed by atoms with Gasteiger partial charge in [-0.2, -0.15) is 0 Å². The van der Waals surface area contributed by atoms with Gasteiger partial charge in [0.05, 0.1) is 0 Å². The molecule has 0 radical (unpaired) electrons. The van der Waals surface area contributed by atoms with Crippen LogP contribution in [0, 0.1) is 5.82 Å². The van der Waals surface area contributed by atoms with Crippen LogP contribution in [0.5, 0.6) is 0 Å². The predicted octanol–water partition coefficient (Wildman–Crippen LogP) is 4.25. The molecule has 0 heterocycles. The van der Waals surface area contributed by atoms with E-state index in [9.17, 15) is 4.39 Å². The summed E-state index contributed by atoms with van der Waals surface area (Å²) in [5, 5.41) is 0. The van der Waals surface area contributed by atoms with E-state index in [1.54, 1.807) is 23.9 Å². The molecule has 1 unspecified atom stereocenters. The van der Waals surface area contributed by atoms with Gasteiger partial charge in [0.25, 0.3) is 0 Å². The van der Waals surface area contributed by atoms with Crippen molar-refractivity contribution in [3.05, 3.63) is 64.4 Å². The van der Waals surface area contributed by atoms with Crippen molar-refractivity contribution in [3.63, 3.8) is 0 Å². The van der Waals surface area contributed by atoms with Crippen molar-refractivity contribution in [3.8, 4) is 0 Å². The highest BCUT2D eigenvalue weighted by molar-refractivity contribution is 9.10. The van der Waals surface area contributed by atoms with Gasteiger partial charge in [0, 0.05) is 21.2 Å². The molecule has 100 valence electrons. The summed E-state index contributed by atoms with van der Waals surface area (Å²) >= 11 is 5.15. The molecule has 0 aliphatic rings. The number of hydrogen-bond acceptors (Lipinski definition) is 2. The third kappa shape index (κ3) is 4.97. The van der Waals surface area contributed by atoms with Crippen LogP contribution in [-0.2, 0) is 6.42 Å². The lowest BCUT2D eigenvalue weighted by atomic mass is 10.1. The van der Waals surface area contributed by atoms with Gasteiger partial charge in [-0.3, -0.25) is 0 Å². The highest BCUT2D eigenvalue weighted by atomic mass is 79.9. The molecule has 0 aliphatic heterocycles. The largest absolute Gasteiger partial charge is 0.327 e. The Morgan fingerprint density at radius 2 is 1.68 bits per heavy atom. The number of halogens is 2. The molecule has 1 nitrogen and oxygen atoms in total. The van der Waals surface area contributed by atoms with Crippen molar-refractivity contribution >= 4 is 27.7 Å². The van der Waals surface area contributed by atoms with E-state index in [2.05, 4.69) is 28.1 Å². The van der Waals surface area contributed by atoms with Crippen LogP contribution in [0.4, 0.5) is 4.39 Å². The maximum atomic E-state index is 12.8. The minimum Gasteiger partial charge on any atom is -0.327 e. The van der Waals surface area contributed by atoms with E-state index in [0.717, 1.165) is 22.2 Å². The Kier molecular flexibility index (Phi) is 5.43. The zero-order chi connectivity index (χ0) is 13.7. The van der Waals surface area contributed by atoms with E-state index in [-0.39, 0.29) is 11.9 Å². The number of thioether (sulfide) groups is 1. The minimum absolute atomic E-state index is 0.0686. The number of nitrogens with two attached hydrogens (primary N) is 1. The summed E-state index contributed by atoms with van der Waals surface area (Å²) < 4.78 is 13.9. The smallest absolute Gasteiger partial charge is 0.123 e. The summed E-state index contributed by atoms with van der Waals surface area (Å²) in [4.78, 5) is 1.21. The van der Waals surface area contributed by atoms with Gasteiger partial charge < -0.3 is 5.73 Å². The van der Waals surface area contributed by atoms with E-state index >= 15 is 0 Å². The lowest BCUT2D eigenvalue weighted by molar-refractivity contribution is 0.626. The van der Waals surface area contributed by atoms with Gasteiger partial charge in [0.15, 0.2) is 0 Å². The molecule has 0 aromatic heterocycles. The van der Waals surface area contributed by atoms with Gasteiger partial charge in [-0.25, -0.2) is 4.39 Å². The van der Waals surface area contributed by atoms with Crippen molar-refractivity contribution in [1.29, 1.82) is 0 Å². The summed E-state index contributed by atoms with van der Waals surface area (Å²) in [6.07, 6.45) is 0.768. The fourth-order valence-corrected chi connectivity index (χ4v) is 2.83.